The van der Waals surface area contributed by atoms with Gasteiger partial charge >= 0.3 is 5.97 Å². The van der Waals surface area contributed by atoms with Gasteiger partial charge in [0.1, 0.15) is 0 Å². The fourth-order valence-corrected chi connectivity index (χ4v) is 1.47. The van der Waals surface area contributed by atoms with E-state index in [9.17, 15) is 4.79 Å². The van der Waals surface area contributed by atoms with Crippen molar-refractivity contribution in [2.75, 3.05) is 5.73 Å². The first-order valence-electron chi connectivity index (χ1n) is 4.72. The number of hydrogen-bond donors (Lipinski definition) is 2. The zero-order chi connectivity index (χ0) is 11.7. The van der Waals surface area contributed by atoms with Gasteiger partial charge in [-0.1, -0.05) is 0 Å². The minimum absolute atomic E-state index is 0.142. The number of anilines is 1. The molecule has 5 nitrogen and oxygen atoms in total. The van der Waals surface area contributed by atoms with Gasteiger partial charge in [0.15, 0.2) is 0 Å². The van der Waals surface area contributed by atoms with E-state index in [2.05, 4.69) is 5.10 Å². The maximum atomic E-state index is 11.1. The first-order valence-corrected chi connectivity index (χ1v) is 4.72. The molecule has 0 saturated carbocycles. The summed E-state index contributed by atoms with van der Waals surface area (Å²) < 4.78 is 1.53. The number of aromatic carboxylic acids is 1. The third-order valence-corrected chi connectivity index (χ3v) is 2.21. The van der Waals surface area contributed by atoms with E-state index in [0.717, 1.165) is 5.56 Å². The summed E-state index contributed by atoms with van der Waals surface area (Å²) in [6, 6.07) is 4.72. The molecular weight excluding hydrogens is 206 g/mol. The van der Waals surface area contributed by atoms with Gasteiger partial charge in [-0.3, -0.25) is 0 Å². The van der Waals surface area contributed by atoms with E-state index in [4.69, 9.17) is 10.8 Å². The highest BCUT2D eigenvalue weighted by molar-refractivity contribution is 5.93. The summed E-state index contributed by atoms with van der Waals surface area (Å²) in [6.07, 6.45) is 3.43. The van der Waals surface area contributed by atoms with Crippen molar-refractivity contribution in [1.29, 1.82) is 0 Å². The Morgan fingerprint density at radius 1 is 1.50 bits per heavy atom. The fraction of sp³-hybridized carbons (Fsp3) is 0.0909. The monoisotopic (exact) mass is 217 g/mol. The van der Waals surface area contributed by atoms with Gasteiger partial charge < -0.3 is 10.8 Å². The van der Waals surface area contributed by atoms with E-state index in [-0.39, 0.29) is 5.56 Å². The van der Waals surface area contributed by atoms with Crippen molar-refractivity contribution in [3.05, 3.63) is 41.7 Å². The molecule has 16 heavy (non-hydrogen) atoms. The molecule has 0 aliphatic rings. The predicted octanol–water partition coefficient (Wildman–Crippen LogP) is 1.46. The number of carboxylic acids is 1. The molecule has 2 aromatic rings. The molecule has 2 rings (SSSR count). The summed E-state index contributed by atoms with van der Waals surface area (Å²) in [5, 5.41) is 13.1. The van der Waals surface area contributed by atoms with Crippen LogP contribution < -0.4 is 5.73 Å². The number of benzene rings is 1. The maximum Gasteiger partial charge on any atom is 0.337 e. The molecule has 0 fully saturated rings. The average molecular weight is 217 g/mol. The SMILES string of the molecule is Cc1cnn(-c2ccc(N)cc2C(=O)O)c1. The van der Waals surface area contributed by atoms with E-state index >= 15 is 0 Å². The highest BCUT2D eigenvalue weighted by atomic mass is 16.4. The van der Waals surface area contributed by atoms with E-state index in [1.807, 2.05) is 6.92 Å². The number of hydrogen-bond acceptors (Lipinski definition) is 3. The van der Waals surface area contributed by atoms with E-state index < -0.39 is 5.97 Å². The summed E-state index contributed by atoms with van der Waals surface area (Å²) in [5.41, 5.74) is 7.59. The maximum absolute atomic E-state index is 11.1. The third kappa shape index (κ3) is 1.75. The molecule has 0 unspecified atom stereocenters. The molecule has 0 saturated heterocycles. The van der Waals surface area contributed by atoms with Crippen molar-refractivity contribution in [3.63, 3.8) is 0 Å². The van der Waals surface area contributed by atoms with Crippen LogP contribution in [0.15, 0.2) is 30.6 Å². The number of rotatable bonds is 2. The molecule has 3 N–H and O–H groups in total. The van der Waals surface area contributed by atoms with E-state index in [1.54, 1.807) is 24.5 Å². The quantitative estimate of drug-likeness (QED) is 0.746. The first kappa shape index (κ1) is 10.2. The van der Waals surface area contributed by atoms with Crippen LogP contribution in [-0.2, 0) is 0 Å². The predicted molar refractivity (Wildman–Crippen MR) is 59.7 cm³/mol. The number of aryl methyl sites for hydroxylation is 1. The van der Waals surface area contributed by atoms with Crippen LogP contribution in [0.3, 0.4) is 0 Å². The first-order chi connectivity index (χ1) is 7.58. The van der Waals surface area contributed by atoms with Gasteiger partial charge in [0.2, 0.25) is 0 Å². The Kier molecular flexibility index (Phi) is 2.36. The lowest BCUT2D eigenvalue weighted by Gasteiger charge is -2.06. The standard InChI is InChI=1S/C11H11N3O2/c1-7-5-13-14(6-7)10-3-2-8(12)4-9(10)11(15)16/h2-6H,12H2,1H3,(H,15,16). The van der Waals surface area contributed by atoms with Crippen molar-refractivity contribution in [2.24, 2.45) is 0 Å². The van der Waals surface area contributed by atoms with Gasteiger partial charge in [0, 0.05) is 11.9 Å². The zero-order valence-electron chi connectivity index (χ0n) is 8.71. The Morgan fingerprint density at radius 3 is 2.81 bits per heavy atom. The minimum atomic E-state index is -1.02. The lowest BCUT2D eigenvalue weighted by molar-refractivity contribution is 0.0697. The smallest absolute Gasteiger partial charge is 0.337 e. The highest BCUT2D eigenvalue weighted by Crippen LogP contribution is 2.17. The molecule has 5 heteroatoms. The summed E-state index contributed by atoms with van der Waals surface area (Å²) in [4.78, 5) is 11.1. The lowest BCUT2D eigenvalue weighted by Crippen LogP contribution is -2.06. The molecule has 0 aliphatic carbocycles. The summed E-state index contributed by atoms with van der Waals surface area (Å²) in [7, 11) is 0. The number of carboxylic acid groups (broad SMARTS) is 1. The van der Waals surface area contributed by atoms with Crippen LogP contribution in [0.4, 0.5) is 5.69 Å². The molecule has 0 aliphatic heterocycles. The molecule has 0 spiro atoms. The average Bonchev–Trinajstić information content (AvgIpc) is 2.64. The largest absolute Gasteiger partial charge is 0.478 e. The van der Waals surface area contributed by atoms with Crippen molar-refractivity contribution in [3.8, 4) is 5.69 Å². The minimum Gasteiger partial charge on any atom is -0.478 e. The van der Waals surface area contributed by atoms with E-state index in [0.29, 0.717) is 11.4 Å². The van der Waals surface area contributed by atoms with Crippen LogP contribution in [0.25, 0.3) is 5.69 Å². The molecule has 1 aromatic carbocycles. The van der Waals surface area contributed by atoms with Crippen molar-refractivity contribution >= 4 is 11.7 Å². The topological polar surface area (TPSA) is 81.1 Å². The third-order valence-electron chi connectivity index (χ3n) is 2.21. The molecule has 0 bridgehead atoms. The van der Waals surface area contributed by atoms with Gasteiger partial charge in [-0.25, -0.2) is 9.48 Å². The van der Waals surface area contributed by atoms with Crippen LogP contribution in [0.1, 0.15) is 15.9 Å². The van der Waals surface area contributed by atoms with Gasteiger partial charge in [-0.2, -0.15) is 5.10 Å². The molecule has 0 atom stereocenters. The summed E-state index contributed by atoms with van der Waals surface area (Å²) >= 11 is 0. The molecule has 0 radical (unpaired) electrons. The van der Waals surface area contributed by atoms with Crippen LogP contribution in [0.5, 0.6) is 0 Å². The van der Waals surface area contributed by atoms with Crippen molar-refractivity contribution in [1.82, 2.24) is 9.78 Å². The van der Waals surface area contributed by atoms with E-state index in [1.165, 1.54) is 10.7 Å². The zero-order valence-corrected chi connectivity index (χ0v) is 8.71. The number of nitrogen functional groups attached to an aromatic ring is 1. The number of carbonyl (C=O) groups is 1. The van der Waals surface area contributed by atoms with Crippen LogP contribution >= 0.6 is 0 Å². The molecule has 1 aromatic heterocycles. The van der Waals surface area contributed by atoms with Gasteiger partial charge in [-0.15, -0.1) is 0 Å². The molecule has 82 valence electrons. The van der Waals surface area contributed by atoms with Gasteiger partial charge in [-0.05, 0) is 30.7 Å². The second kappa shape index (κ2) is 3.69. The Balaban J connectivity index is 2.60. The highest BCUT2D eigenvalue weighted by Gasteiger charge is 2.12. The van der Waals surface area contributed by atoms with Gasteiger partial charge in [0.25, 0.3) is 0 Å². The van der Waals surface area contributed by atoms with Crippen LogP contribution in [0, 0.1) is 6.92 Å². The Labute approximate surface area is 92.1 Å². The second-order valence-corrected chi connectivity index (χ2v) is 3.54. The Bertz CT molecular complexity index is 546. The molecule has 1 heterocycles. The normalized spacial score (nSPS) is 10.3. The Hall–Kier alpha value is -2.30. The number of nitrogens with zero attached hydrogens (tertiary/aromatic N) is 2. The second-order valence-electron chi connectivity index (χ2n) is 3.54. The van der Waals surface area contributed by atoms with Crippen molar-refractivity contribution < 1.29 is 9.90 Å². The van der Waals surface area contributed by atoms with Crippen molar-refractivity contribution in [2.45, 2.75) is 6.92 Å². The Morgan fingerprint density at radius 2 is 2.25 bits per heavy atom. The summed E-state index contributed by atoms with van der Waals surface area (Å²) in [5.74, 6) is -1.02. The van der Waals surface area contributed by atoms with Crippen LogP contribution in [-0.4, -0.2) is 20.9 Å². The van der Waals surface area contributed by atoms with Crippen LogP contribution in [0.2, 0.25) is 0 Å². The lowest BCUT2D eigenvalue weighted by atomic mass is 10.1. The molecular formula is C11H11N3O2. The number of nitrogens with two attached hydrogens (primary N) is 1. The summed E-state index contributed by atoms with van der Waals surface area (Å²) in [6.45, 7) is 1.89. The fourth-order valence-electron chi connectivity index (χ4n) is 1.47. The molecule has 0 amide bonds. The van der Waals surface area contributed by atoms with Gasteiger partial charge in [0.05, 0.1) is 17.4 Å². The number of aromatic nitrogens is 2.